The fourth-order valence-corrected chi connectivity index (χ4v) is 2.45. The van der Waals surface area contributed by atoms with Crippen molar-refractivity contribution in [3.05, 3.63) is 35.9 Å². The van der Waals surface area contributed by atoms with E-state index in [1.165, 1.54) is 6.42 Å². The molecule has 1 unspecified atom stereocenters. The second-order valence-corrected chi connectivity index (χ2v) is 4.71. The molecular formula is C12H17N5. The van der Waals surface area contributed by atoms with Crippen LogP contribution in [0.5, 0.6) is 0 Å². The van der Waals surface area contributed by atoms with Gasteiger partial charge < -0.3 is 0 Å². The van der Waals surface area contributed by atoms with Gasteiger partial charge in [0.1, 0.15) is 0 Å². The molecule has 2 aromatic rings. The zero-order valence-corrected chi connectivity index (χ0v) is 10.0. The summed E-state index contributed by atoms with van der Waals surface area (Å²) in [6.45, 7) is 5.15. The number of hydrogen-bond acceptors (Lipinski definition) is 3. The van der Waals surface area contributed by atoms with Gasteiger partial charge in [-0.05, 0) is 25.5 Å². The first-order chi connectivity index (χ1) is 8.31. The SMILES string of the molecule is Cc1cc(CN2CCC(n3cccn3)C2)n[nH]1. The van der Waals surface area contributed by atoms with Crippen LogP contribution in [0.4, 0.5) is 0 Å². The predicted octanol–water partition coefficient (Wildman–Crippen LogP) is 1.36. The molecule has 5 heteroatoms. The number of aromatic amines is 1. The Kier molecular flexibility index (Phi) is 2.68. The van der Waals surface area contributed by atoms with E-state index in [1.807, 2.05) is 25.4 Å². The molecule has 0 radical (unpaired) electrons. The number of nitrogens with zero attached hydrogens (tertiary/aromatic N) is 4. The summed E-state index contributed by atoms with van der Waals surface area (Å²) in [5.74, 6) is 0. The number of likely N-dealkylation sites (tertiary alicyclic amines) is 1. The fraction of sp³-hybridized carbons (Fsp3) is 0.500. The van der Waals surface area contributed by atoms with Gasteiger partial charge in [0.15, 0.2) is 0 Å². The van der Waals surface area contributed by atoms with Gasteiger partial charge in [0.05, 0.1) is 11.7 Å². The number of rotatable bonds is 3. The highest BCUT2D eigenvalue weighted by atomic mass is 15.3. The number of aromatic nitrogens is 4. The Morgan fingerprint density at radius 1 is 1.53 bits per heavy atom. The van der Waals surface area contributed by atoms with Gasteiger partial charge in [0, 0.05) is 37.7 Å². The molecule has 0 bridgehead atoms. The molecule has 0 aliphatic carbocycles. The summed E-state index contributed by atoms with van der Waals surface area (Å²) >= 11 is 0. The molecule has 1 saturated heterocycles. The Bertz CT molecular complexity index is 473. The summed E-state index contributed by atoms with van der Waals surface area (Å²) < 4.78 is 2.07. The molecule has 1 fully saturated rings. The number of aryl methyl sites for hydroxylation is 1. The molecular weight excluding hydrogens is 214 g/mol. The Hall–Kier alpha value is -1.62. The van der Waals surface area contributed by atoms with Crippen molar-refractivity contribution in [3.63, 3.8) is 0 Å². The first-order valence-electron chi connectivity index (χ1n) is 6.03. The zero-order chi connectivity index (χ0) is 11.7. The molecule has 0 amide bonds. The van der Waals surface area contributed by atoms with Gasteiger partial charge in [-0.1, -0.05) is 0 Å². The summed E-state index contributed by atoms with van der Waals surface area (Å²) in [4.78, 5) is 2.43. The van der Waals surface area contributed by atoms with Crippen molar-refractivity contribution in [2.75, 3.05) is 13.1 Å². The average Bonchev–Trinajstić information content (AvgIpc) is 3.00. The molecule has 17 heavy (non-hydrogen) atoms. The van der Waals surface area contributed by atoms with Gasteiger partial charge >= 0.3 is 0 Å². The molecule has 5 nitrogen and oxygen atoms in total. The highest BCUT2D eigenvalue weighted by Crippen LogP contribution is 2.21. The molecule has 0 saturated carbocycles. The van der Waals surface area contributed by atoms with Gasteiger partial charge in [0.25, 0.3) is 0 Å². The summed E-state index contributed by atoms with van der Waals surface area (Å²) in [6, 6.07) is 4.62. The molecule has 3 rings (SSSR count). The lowest BCUT2D eigenvalue weighted by atomic mass is 10.3. The lowest BCUT2D eigenvalue weighted by Gasteiger charge is -2.14. The van der Waals surface area contributed by atoms with Crippen LogP contribution in [0.3, 0.4) is 0 Å². The van der Waals surface area contributed by atoms with Gasteiger partial charge in [-0.25, -0.2) is 0 Å². The third-order valence-electron chi connectivity index (χ3n) is 3.29. The first-order valence-corrected chi connectivity index (χ1v) is 6.03. The van der Waals surface area contributed by atoms with Crippen molar-refractivity contribution in [2.24, 2.45) is 0 Å². The van der Waals surface area contributed by atoms with Crippen molar-refractivity contribution in [2.45, 2.75) is 25.9 Å². The highest BCUT2D eigenvalue weighted by Gasteiger charge is 2.24. The zero-order valence-electron chi connectivity index (χ0n) is 10.0. The minimum atomic E-state index is 0.519. The lowest BCUT2D eigenvalue weighted by molar-refractivity contribution is 0.308. The average molecular weight is 231 g/mol. The molecule has 1 aliphatic heterocycles. The van der Waals surface area contributed by atoms with Crippen LogP contribution in [-0.4, -0.2) is 38.0 Å². The van der Waals surface area contributed by atoms with Crippen LogP contribution in [0.1, 0.15) is 23.9 Å². The smallest absolute Gasteiger partial charge is 0.0765 e. The van der Waals surface area contributed by atoms with Crippen LogP contribution < -0.4 is 0 Å². The first kappa shape index (κ1) is 10.5. The van der Waals surface area contributed by atoms with Crippen LogP contribution in [0.2, 0.25) is 0 Å². The standard InChI is InChI=1S/C12H17N5/c1-10-7-11(15-14-10)8-16-6-3-12(9-16)17-5-2-4-13-17/h2,4-5,7,12H,3,6,8-9H2,1H3,(H,14,15). The minimum Gasteiger partial charge on any atom is -0.295 e. The predicted molar refractivity (Wildman–Crippen MR) is 64.5 cm³/mol. The van der Waals surface area contributed by atoms with Crippen molar-refractivity contribution in [3.8, 4) is 0 Å². The van der Waals surface area contributed by atoms with Crippen molar-refractivity contribution in [1.82, 2.24) is 24.9 Å². The van der Waals surface area contributed by atoms with E-state index in [0.29, 0.717) is 6.04 Å². The van der Waals surface area contributed by atoms with E-state index >= 15 is 0 Å². The molecule has 1 N–H and O–H groups in total. The van der Waals surface area contributed by atoms with E-state index in [0.717, 1.165) is 31.0 Å². The van der Waals surface area contributed by atoms with Crippen molar-refractivity contribution >= 4 is 0 Å². The molecule has 1 aliphatic rings. The van der Waals surface area contributed by atoms with E-state index in [2.05, 4.69) is 30.9 Å². The second kappa shape index (κ2) is 4.33. The van der Waals surface area contributed by atoms with Crippen LogP contribution in [0, 0.1) is 6.92 Å². The molecule has 3 heterocycles. The maximum atomic E-state index is 4.31. The van der Waals surface area contributed by atoms with E-state index in [9.17, 15) is 0 Å². The third kappa shape index (κ3) is 2.24. The maximum Gasteiger partial charge on any atom is 0.0765 e. The van der Waals surface area contributed by atoms with E-state index in [-0.39, 0.29) is 0 Å². The molecule has 0 spiro atoms. The van der Waals surface area contributed by atoms with Crippen LogP contribution in [-0.2, 0) is 6.54 Å². The molecule has 90 valence electrons. The van der Waals surface area contributed by atoms with Crippen LogP contribution in [0.15, 0.2) is 24.5 Å². The van der Waals surface area contributed by atoms with E-state index in [1.54, 1.807) is 0 Å². The Morgan fingerprint density at radius 2 is 2.47 bits per heavy atom. The quantitative estimate of drug-likeness (QED) is 0.867. The van der Waals surface area contributed by atoms with Crippen molar-refractivity contribution < 1.29 is 0 Å². The fourth-order valence-electron chi connectivity index (χ4n) is 2.45. The normalized spacial score (nSPS) is 21.1. The summed E-state index contributed by atoms with van der Waals surface area (Å²) in [5.41, 5.74) is 2.26. The molecule has 0 aromatic carbocycles. The second-order valence-electron chi connectivity index (χ2n) is 4.71. The topological polar surface area (TPSA) is 49.7 Å². The summed E-state index contributed by atoms with van der Waals surface area (Å²) in [7, 11) is 0. The van der Waals surface area contributed by atoms with E-state index < -0.39 is 0 Å². The van der Waals surface area contributed by atoms with Gasteiger partial charge in [-0.15, -0.1) is 0 Å². The van der Waals surface area contributed by atoms with Crippen molar-refractivity contribution in [1.29, 1.82) is 0 Å². The Balaban J connectivity index is 1.61. The maximum absolute atomic E-state index is 4.31. The highest BCUT2D eigenvalue weighted by molar-refractivity contribution is 5.06. The minimum absolute atomic E-state index is 0.519. The molecule has 1 atom stereocenters. The third-order valence-corrected chi connectivity index (χ3v) is 3.29. The Morgan fingerprint density at radius 3 is 3.18 bits per heavy atom. The summed E-state index contributed by atoms with van der Waals surface area (Å²) in [6.07, 6.45) is 5.07. The number of H-pyrrole nitrogens is 1. The van der Waals surface area contributed by atoms with Gasteiger partial charge in [-0.2, -0.15) is 10.2 Å². The number of nitrogens with one attached hydrogen (secondary N) is 1. The summed E-state index contributed by atoms with van der Waals surface area (Å²) in [5, 5.41) is 11.6. The van der Waals surface area contributed by atoms with Crippen LogP contribution in [0.25, 0.3) is 0 Å². The van der Waals surface area contributed by atoms with Gasteiger partial charge in [-0.3, -0.25) is 14.7 Å². The van der Waals surface area contributed by atoms with E-state index in [4.69, 9.17) is 0 Å². The molecule has 2 aromatic heterocycles. The monoisotopic (exact) mass is 231 g/mol. The lowest BCUT2D eigenvalue weighted by Crippen LogP contribution is -2.21. The van der Waals surface area contributed by atoms with Gasteiger partial charge in [0.2, 0.25) is 0 Å². The largest absolute Gasteiger partial charge is 0.295 e. The number of hydrogen-bond donors (Lipinski definition) is 1. The Labute approximate surface area is 100 Å². The van der Waals surface area contributed by atoms with Crippen LogP contribution >= 0.6 is 0 Å².